The Hall–Kier alpha value is -0.170. The smallest absolute Gasteiger partial charge is 0.0341 e. The SMILES string of the molecule is C1=C2C3=C(CCCC3)SC2CCC1C1CCCC2C1C1CCCCC1C21C2CCCCC2C2CC3C4CCCCC4C4CCCCC4C3CC21. The van der Waals surface area contributed by atoms with E-state index in [4.69, 9.17) is 0 Å². The molecule has 0 amide bonds. The summed E-state index contributed by atoms with van der Waals surface area (Å²) in [6.45, 7) is 0. The molecule has 18 unspecified atom stereocenters. The molecule has 9 saturated carbocycles. The quantitative estimate of drug-likeness (QED) is 0.264. The van der Waals surface area contributed by atoms with E-state index in [0.717, 1.165) is 105 Å². The third-order valence-corrected chi connectivity index (χ3v) is 22.4. The highest BCUT2D eigenvalue weighted by molar-refractivity contribution is 8.04. The van der Waals surface area contributed by atoms with Crippen LogP contribution in [-0.4, -0.2) is 5.25 Å². The molecule has 11 aliphatic carbocycles. The first-order valence-electron chi connectivity index (χ1n) is 23.9. The lowest BCUT2D eigenvalue weighted by Crippen LogP contribution is -2.54. The van der Waals surface area contributed by atoms with Crippen molar-refractivity contribution in [1.82, 2.24) is 0 Å². The van der Waals surface area contributed by atoms with Crippen molar-refractivity contribution in [3.05, 3.63) is 22.1 Å². The summed E-state index contributed by atoms with van der Waals surface area (Å²) in [6.07, 6.45) is 45.9. The maximum absolute atomic E-state index is 3.03. The van der Waals surface area contributed by atoms with Crippen LogP contribution >= 0.6 is 11.8 Å². The molecule has 1 aliphatic heterocycles. The summed E-state index contributed by atoms with van der Waals surface area (Å²) >= 11 is 2.34. The molecule has 0 nitrogen and oxygen atoms in total. The van der Waals surface area contributed by atoms with Gasteiger partial charge in [-0.3, -0.25) is 0 Å². The van der Waals surface area contributed by atoms with E-state index in [1.165, 1.54) is 38.5 Å². The van der Waals surface area contributed by atoms with Gasteiger partial charge in [0.15, 0.2) is 0 Å². The maximum Gasteiger partial charge on any atom is 0.0341 e. The summed E-state index contributed by atoms with van der Waals surface area (Å²) < 4.78 is 0. The largest absolute Gasteiger partial charge is 0.122 e. The Labute approximate surface area is 311 Å². The van der Waals surface area contributed by atoms with Gasteiger partial charge in [-0.05, 0) is 232 Å². The molecule has 0 saturated heterocycles. The second-order valence-corrected chi connectivity index (χ2v) is 23.1. The molecule has 0 N–H and O–H groups in total. The molecule has 0 aromatic rings. The lowest BCUT2D eigenvalue weighted by atomic mass is 9.44. The van der Waals surface area contributed by atoms with Crippen molar-refractivity contribution in [2.45, 2.75) is 179 Å². The van der Waals surface area contributed by atoms with Gasteiger partial charge in [0.05, 0.1) is 0 Å². The van der Waals surface area contributed by atoms with Gasteiger partial charge in [-0.2, -0.15) is 0 Å². The number of allylic oxidation sites excluding steroid dienone is 3. The second kappa shape index (κ2) is 12.4. The van der Waals surface area contributed by atoms with Crippen LogP contribution < -0.4 is 0 Å². The Morgan fingerprint density at radius 1 is 0.420 bits per heavy atom. The molecule has 12 rings (SSSR count). The van der Waals surface area contributed by atoms with Gasteiger partial charge < -0.3 is 0 Å². The summed E-state index contributed by atoms with van der Waals surface area (Å²) in [5.41, 5.74) is 4.55. The summed E-state index contributed by atoms with van der Waals surface area (Å²) in [4.78, 5) is 1.85. The maximum atomic E-state index is 3.03. The van der Waals surface area contributed by atoms with Crippen molar-refractivity contribution >= 4 is 11.8 Å². The molecule has 0 aromatic heterocycles. The Balaban J connectivity index is 0.941. The molecular weight excluding hydrogens is 621 g/mol. The summed E-state index contributed by atoms with van der Waals surface area (Å²) in [6, 6.07) is 0. The fourth-order valence-corrected chi connectivity index (χ4v) is 21.7. The molecule has 1 heterocycles. The zero-order chi connectivity index (χ0) is 32.6. The third kappa shape index (κ3) is 4.43. The van der Waals surface area contributed by atoms with E-state index < -0.39 is 0 Å². The van der Waals surface area contributed by atoms with Gasteiger partial charge in [0.25, 0.3) is 0 Å². The topological polar surface area (TPSA) is 0 Å². The number of hydrogen-bond donors (Lipinski definition) is 0. The number of hydrogen-bond acceptors (Lipinski definition) is 1. The van der Waals surface area contributed by atoms with E-state index >= 15 is 0 Å². The van der Waals surface area contributed by atoms with Crippen LogP contribution in [0.15, 0.2) is 22.1 Å². The van der Waals surface area contributed by atoms with Crippen molar-refractivity contribution in [3.8, 4) is 0 Å². The minimum atomic E-state index is 0.759. The molecule has 12 aliphatic rings. The Morgan fingerprint density at radius 3 is 1.76 bits per heavy atom. The zero-order valence-electron chi connectivity index (χ0n) is 31.9. The monoisotopic (exact) mass is 693 g/mol. The molecule has 9 fully saturated rings. The molecular formula is C49H72S. The second-order valence-electron chi connectivity index (χ2n) is 21.8. The van der Waals surface area contributed by atoms with Gasteiger partial charge >= 0.3 is 0 Å². The van der Waals surface area contributed by atoms with E-state index in [1.807, 2.05) is 16.1 Å². The lowest BCUT2D eigenvalue weighted by Gasteiger charge is -2.61. The van der Waals surface area contributed by atoms with Crippen LogP contribution in [0.5, 0.6) is 0 Å². The Bertz CT molecular complexity index is 1390. The van der Waals surface area contributed by atoms with Crippen molar-refractivity contribution in [2.75, 3.05) is 0 Å². The zero-order valence-corrected chi connectivity index (χ0v) is 32.7. The van der Waals surface area contributed by atoms with Crippen LogP contribution in [0.3, 0.4) is 0 Å². The third-order valence-electron chi connectivity index (χ3n) is 20.9. The fourth-order valence-electron chi connectivity index (χ4n) is 20.1. The molecule has 50 heavy (non-hydrogen) atoms. The average molecular weight is 693 g/mol. The first-order valence-corrected chi connectivity index (χ1v) is 24.8. The van der Waals surface area contributed by atoms with Crippen molar-refractivity contribution in [3.63, 3.8) is 0 Å². The highest BCUT2D eigenvalue weighted by Gasteiger charge is 2.74. The van der Waals surface area contributed by atoms with Gasteiger partial charge in [-0.15, -0.1) is 11.8 Å². The molecule has 0 aromatic carbocycles. The van der Waals surface area contributed by atoms with Crippen LogP contribution in [0.2, 0.25) is 0 Å². The van der Waals surface area contributed by atoms with Gasteiger partial charge in [-0.1, -0.05) is 63.9 Å². The summed E-state index contributed by atoms with van der Waals surface area (Å²) in [5, 5.41) is 0.850. The summed E-state index contributed by atoms with van der Waals surface area (Å²) in [5.74, 6) is 17.7. The average Bonchev–Trinajstić information content (AvgIpc) is 3.81. The minimum absolute atomic E-state index is 0.759. The van der Waals surface area contributed by atoms with Gasteiger partial charge in [-0.25, -0.2) is 0 Å². The van der Waals surface area contributed by atoms with Crippen LogP contribution in [-0.2, 0) is 0 Å². The molecule has 0 bridgehead atoms. The highest BCUT2D eigenvalue weighted by Crippen LogP contribution is 2.80. The number of thioether (sulfide) groups is 1. The first-order chi connectivity index (χ1) is 24.8. The van der Waals surface area contributed by atoms with Gasteiger partial charge in [0, 0.05) is 5.25 Å². The van der Waals surface area contributed by atoms with Crippen molar-refractivity contribution in [2.24, 2.45) is 100 Å². The lowest BCUT2D eigenvalue weighted by molar-refractivity contribution is -0.123. The van der Waals surface area contributed by atoms with Crippen LogP contribution in [0.4, 0.5) is 0 Å². The van der Waals surface area contributed by atoms with Crippen molar-refractivity contribution < 1.29 is 0 Å². The fraction of sp³-hybridized carbons (Fsp3) is 0.918. The number of fused-ring (bicyclic) bond motifs is 18. The van der Waals surface area contributed by atoms with Gasteiger partial charge in [0.2, 0.25) is 0 Å². The van der Waals surface area contributed by atoms with Crippen LogP contribution in [0, 0.1) is 100 Å². The molecule has 18 atom stereocenters. The normalized spacial score (nSPS) is 56.5. The number of rotatable bonds is 1. The van der Waals surface area contributed by atoms with E-state index in [1.54, 1.807) is 135 Å². The van der Waals surface area contributed by atoms with E-state index in [-0.39, 0.29) is 0 Å². The molecule has 0 radical (unpaired) electrons. The standard InChI is InChI=1S/C49H72S/c1-3-14-33-31(12-1)32-13-2-4-15-34(32)39-28-45-40(27-38(33)39)35-16-5-8-20-42(35)49(45)43-21-9-6-18-37(43)48-30(19-11-22-44(48)49)29-24-25-47-41(26-29)36-17-7-10-23-46(36)50-47/h26,29-35,37-40,42-45,47-48H,1-25,27-28H2. The Morgan fingerprint density at radius 2 is 1.00 bits per heavy atom. The Kier molecular flexibility index (Phi) is 7.98. The summed E-state index contributed by atoms with van der Waals surface area (Å²) in [7, 11) is 0. The van der Waals surface area contributed by atoms with Crippen LogP contribution in [0.1, 0.15) is 173 Å². The molecule has 1 spiro atoms. The first kappa shape index (κ1) is 32.1. The van der Waals surface area contributed by atoms with E-state index in [9.17, 15) is 0 Å². The van der Waals surface area contributed by atoms with Gasteiger partial charge in [0.1, 0.15) is 0 Å². The molecule has 1 heteroatoms. The van der Waals surface area contributed by atoms with E-state index in [0.29, 0.717) is 0 Å². The molecule has 274 valence electrons. The van der Waals surface area contributed by atoms with Crippen LogP contribution in [0.25, 0.3) is 0 Å². The van der Waals surface area contributed by atoms with Crippen molar-refractivity contribution in [1.29, 1.82) is 0 Å². The predicted molar refractivity (Wildman–Crippen MR) is 209 cm³/mol. The highest BCUT2D eigenvalue weighted by atomic mass is 32.2. The van der Waals surface area contributed by atoms with E-state index in [2.05, 4.69) is 17.8 Å². The predicted octanol–water partition coefficient (Wildman–Crippen LogP) is 13.8. The minimum Gasteiger partial charge on any atom is -0.122 e.